The van der Waals surface area contributed by atoms with Crippen molar-refractivity contribution in [2.75, 3.05) is 16.8 Å². The molecule has 0 saturated carbocycles. The summed E-state index contributed by atoms with van der Waals surface area (Å²) in [4.78, 5) is 37.0. The summed E-state index contributed by atoms with van der Waals surface area (Å²) in [6, 6.07) is 12.5. The number of fused-ring (bicyclic) bond motifs is 3. The normalized spacial score (nSPS) is 15.9. The number of halogens is 3. The molecule has 0 radical (unpaired) electrons. The van der Waals surface area contributed by atoms with Crippen molar-refractivity contribution >= 4 is 58.0 Å². The van der Waals surface area contributed by atoms with Crippen molar-refractivity contribution in [3.63, 3.8) is 0 Å². The average Bonchev–Trinajstić information content (AvgIpc) is 3.00. The number of nitrogens with zero attached hydrogens (tertiary/aromatic N) is 3. The molecule has 0 bridgehead atoms. The number of rotatable bonds is 3. The molecule has 2 aliphatic rings. The van der Waals surface area contributed by atoms with Crippen molar-refractivity contribution in [1.29, 1.82) is 0 Å². The first kappa shape index (κ1) is 24.5. The molecule has 1 aliphatic heterocycles. The molecule has 5 rings (SSSR count). The number of amides is 2. The number of carbonyl (C=O) groups is 2. The highest BCUT2D eigenvalue weighted by Crippen LogP contribution is 2.37. The van der Waals surface area contributed by atoms with Gasteiger partial charge in [0, 0.05) is 36.0 Å². The van der Waals surface area contributed by atoms with E-state index in [0.29, 0.717) is 35.6 Å². The Morgan fingerprint density at radius 3 is 2.72 bits per heavy atom. The molecule has 0 unspecified atom stereocenters. The van der Waals surface area contributed by atoms with Gasteiger partial charge < -0.3 is 10.2 Å². The second kappa shape index (κ2) is 9.69. The molecular formula is C27H21Cl3N4O2. The molecule has 2 heterocycles. The van der Waals surface area contributed by atoms with Crippen LogP contribution in [0.25, 0.3) is 11.3 Å². The zero-order chi connectivity index (χ0) is 25.4. The van der Waals surface area contributed by atoms with E-state index in [1.54, 1.807) is 41.3 Å². The molecule has 36 heavy (non-hydrogen) atoms. The molecule has 0 fully saturated rings. The molecule has 182 valence electrons. The van der Waals surface area contributed by atoms with Crippen LogP contribution in [0.15, 0.2) is 72.5 Å². The first-order chi connectivity index (χ1) is 17.2. The van der Waals surface area contributed by atoms with E-state index in [4.69, 9.17) is 34.8 Å². The number of para-hydroxylation sites is 1. The third-order valence-electron chi connectivity index (χ3n) is 6.10. The van der Waals surface area contributed by atoms with Crippen LogP contribution >= 0.6 is 34.8 Å². The summed E-state index contributed by atoms with van der Waals surface area (Å²) < 4.78 is -1.12. The summed E-state index contributed by atoms with van der Waals surface area (Å²) in [5, 5.41) is 3.03. The molecule has 6 nitrogen and oxygen atoms in total. The van der Waals surface area contributed by atoms with Crippen molar-refractivity contribution in [2.24, 2.45) is 0 Å². The van der Waals surface area contributed by atoms with Gasteiger partial charge in [0.25, 0.3) is 11.8 Å². The van der Waals surface area contributed by atoms with Gasteiger partial charge in [0.2, 0.25) is 0 Å². The van der Waals surface area contributed by atoms with Gasteiger partial charge in [-0.05, 0) is 49.2 Å². The standard InChI is InChI=1S/C27H21Cl3N4O2/c1-16-31-15-18-10-12-34(23-7-3-2-6-21(23)24(18)32-16)26(36)20-9-8-19(13-22(20)28)33-25(35)17-5-4-11-27(29,30)14-17/h2-9,11,13,15H,10,12,14H2,1H3,(H,33,35). The smallest absolute Gasteiger partial charge is 0.259 e. The minimum Gasteiger partial charge on any atom is -0.322 e. The third-order valence-corrected chi connectivity index (χ3v) is 6.93. The predicted octanol–water partition coefficient (Wildman–Crippen LogP) is 6.31. The Morgan fingerprint density at radius 2 is 1.94 bits per heavy atom. The maximum Gasteiger partial charge on any atom is 0.259 e. The number of nitrogens with one attached hydrogen (secondary N) is 1. The van der Waals surface area contributed by atoms with Gasteiger partial charge >= 0.3 is 0 Å². The Bertz CT molecular complexity index is 1450. The van der Waals surface area contributed by atoms with Gasteiger partial charge in [-0.1, -0.05) is 65.2 Å². The van der Waals surface area contributed by atoms with E-state index in [1.807, 2.05) is 37.4 Å². The fourth-order valence-electron chi connectivity index (χ4n) is 4.34. The molecule has 0 spiro atoms. The van der Waals surface area contributed by atoms with E-state index in [9.17, 15) is 9.59 Å². The Morgan fingerprint density at radius 1 is 1.14 bits per heavy atom. The number of carbonyl (C=O) groups excluding carboxylic acids is 2. The van der Waals surface area contributed by atoms with E-state index >= 15 is 0 Å². The predicted molar refractivity (Wildman–Crippen MR) is 144 cm³/mol. The van der Waals surface area contributed by atoms with Crippen LogP contribution in [0.1, 0.15) is 28.2 Å². The fourth-order valence-corrected chi connectivity index (χ4v) is 5.03. The van der Waals surface area contributed by atoms with Crippen LogP contribution in [0, 0.1) is 6.92 Å². The zero-order valence-electron chi connectivity index (χ0n) is 19.3. The first-order valence-electron chi connectivity index (χ1n) is 11.3. The van der Waals surface area contributed by atoms with Gasteiger partial charge in [-0.15, -0.1) is 0 Å². The number of benzene rings is 2. The summed E-state index contributed by atoms with van der Waals surface area (Å²) in [5.41, 5.74) is 4.68. The van der Waals surface area contributed by atoms with Gasteiger partial charge in [0.05, 0.1) is 22.0 Å². The van der Waals surface area contributed by atoms with Gasteiger partial charge in [0.1, 0.15) is 10.2 Å². The molecule has 1 aliphatic carbocycles. The summed E-state index contributed by atoms with van der Waals surface area (Å²) in [6.45, 7) is 2.30. The maximum absolute atomic E-state index is 13.7. The zero-order valence-corrected chi connectivity index (χ0v) is 21.5. The van der Waals surface area contributed by atoms with Crippen molar-refractivity contribution < 1.29 is 9.59 Å². The number of hydrogen-bond acceptors (Lipinski definition) is 4. The molecule has 3 aromatic rings. The highest BCUT2D eigenvalue weighted by molar-refractivity contribution is 6.50. The van der Waals surface area contributed by atoms with Gasteiger partial charge in [0.15, 0.2) is 0 Å². The monoisotopic (exact) mass is 538 g/mol. The minimum atomic E-state index is -1.12. The van der Waals surface area contributed by atoms with Gasteiger partial charge in [-0.3, -0.25) is 9.59 Å². The van der Waals surface area contributed by atoms with Crippen LogP contribution in [-0.4, -0.2) is 32.7 Å². The van der Waals surface area contributed by atoms with Crippen molar-refractivity contribution in [3.8, 4) is 11.3 Å². The number of alkyl halides is 2. The summed E-state index contributed by atoms with van der Waals surface area (Å²) >= 11 is 18.8. The quantitative estimate of drug-likeness (QED) is 0.396. The van der Waals surface area contributed by atoms with Crippen molar-refractivity contribution in [2.45, 2.75) is 24.1 Å². The Labute approximate surface area is 223 Å². The average molecular weight is 540 g/mol. The third kappa shape index (κ3) is 4.89. The van der Waals surface area contributed by atoms with Crippen LogP contribution in [0.2, 0.25) is 5.02 Å². The lowest BCUT2D eigenvalue weighted by Crippen LogP contribution is -2.32. The molecule has 2 aromatic carbocycles. The summed E-state index contributed by atoms with van der Waals surface area (Å²) in [6.07, 6.45) is 7.55. The lowest BCUT2D eigenvalue weighted by atomic mass is 10.0. The van der Waals surface area contributed by atoms with Crippen LogP contribution in [0.3, 0.4) is 0 Å². The van der Waals surface area contributed by atoms with E-state index in [2.05, 4.69) is 15.3 Å². The second-order valence-electron chi connectivity index (χ2n) is 8.65. The lowest BCUT2D eigenvalue weighted by Gasteiger charge is -2.23. The SMILES string of the molecule is Cc1ncc2c(n1)-c1ccccc1N(C(=O)c1ccc(NC(=O)C3=CC=CC(Cl)(Cl)C3)cc1Cl)CC2. The summed E-state index contributed by atoms with van der Waals surface area (Å²) in [7, 11) is 0. The number of aryl methyl sites for hydroxylation is 1. The highest BCUT2D eigenvalue weighted by atomic mass is 35.5. The van der Waals surface area contributed by atoms with Crippen LogP contribution in [-0.2, 0) is 11.2 Å². The molecular weight excluding hydrogens is 519 g/mol. The maximum atomic E-state index is 13.7. The largest absolute Gasteiger partial charge is 0.322 e. The number of anilines is 2. The van der Waals surface area contributed by atoms with Crippen molar-refractivity contribution in [3.05, 3.63) is 94.4 Å². The molecule has 1 N–H and O–H groups in total. The van der Waals surface area contributed by atoms with E-state index in [0.717, 1.165) is 22.5 Å². The fraction of sp³-hybridized carbons (Fsp3) is 0.185. The highest BCUT2D eigenvalue weighted by Gasteiger charge is 2.29. The molecule has 0 saturated heterocycles. The van der Waals surface area contributed by atoms with Crippen molar-refractivity contribution in [1.82, 2.24) is 9.97 Å². The Kier molecular flexibility index (Phi) is 6.60. The number of allylic oxidation sites excluding steroid dienone is 3. The molecule has 2 amide bonds. The summed E-state index contributed by atoms with van der Waals surface area (Å²) in [5.74, 6) is 0.0968. The molecule has 0 atom stereocenters. The number of aromatic nitrogens is 2. The van der Waals surface area contributed by atoms with E-state index < -0.39 is 4.33 Å². The lowest BCUT2D eigenvalue weighted by molar-refractivity contribution is -0.113. The molecule has 1 aromatic heterocycles. The van der Waals surface area contributed by atoms with Crippen LogP contribution in [0.5, 0.6) is 0 Å². The first-order valence-corrected chi connectivity index (χ1v) is 12.5. The van der Waals surface area contributed by atoms with Crippen LogP contribution < -0.4 is 10.2 Å². The topological polar surface area (TPSA) is 75.2 Å². The second-order valence-corrected chi connectivity index (χ2v) is 10.6. The molecule has 9 heteroatoms. The van der Waals surface area contributed by atoms with Gasteiger partial charge in [-0.2, -0.15) is 0 Å². The van der Waals surface area contributed by atoms with E-state index in [-0.39, 0.29) is 23.3 Å². The van der Waals surface area contributed by atoms with Gasteiger partial charge in [-0.25, -0.2) is 9.97 Å². The Balaban J connectivity index is 1.40. The number of hydrogen-bond donors (Lipinski definition) is 1. The minimum absolute atomic E-state index is 0.184. The Hall–Kier alpha value is -3.19. The van der Waals surface area contributed by atoms with Crippen LogP contribution in [0.4, 0.5) is 11.4 Å². The van der Waals surface area contributed by atoms with E-state index in [1.165, 1.54) is 0 Å².